The fourth-order valence-corrected chi connectivity index (χ4v) is 6.08. The minimum Gasteiger partial charge on any atom is -0.381 e. The number of hydrogen-bond donors (Lipinski definition) is 1. The number of rotatable bonds is 9. The van der Waals surface area contributed by atoms with Crippen LogP contribution >= 0.6 is 0 Å². The first-order chi connectivity index (χ1) is 13.5. The van der Waals surface area contributed by atoms with Crippen molar-refractivity contribution in [2.24, 2.45) is 0 Å². The zero-order valence-corrected chi connectivity index (χ0v) is 17.3. The predicted molar refractivity (Wildman–Crippen MR) is 110 cm³/mol. The molecule has 2 heterocycles. The Hall–Kier alpha value is -1.44. The Kier molecular flexibility index (Phi) is 7.88. The molecule has 0 aliphatic carbocycles. The topological polar surface area (TPSA) is 75.7 Å². The van der Waals surface area contributed by atoms with Gasteiger partial charge in [-0.15, -0.1) is 0 Å². The van der Waals surface area contributed by atoms with E-state index in [1.54, 1.807) is 0 Å². The molecule has 1 N–H and O–H groups in total. The van der Waals surface area contributed by atoms with E-state index in [0.717, 1.165) is 32.4 Å². The molecule has 1 aromatic rings. The summed E-state index contributed by atoms with van der Waals surface area (Å²) >= 11 is 0. The lowest BCUT2D eigenvalue weighted by molar-refractivity contribution is -0.122. The molecule has 0 radical (unpaired) electrons. The Balaban J connectivity index is 1.36. The van der Waals surface area contributed by atoms with Gasteiger partial charge in [-0.05, 0) is 44.3 Å². The maximum Gasteiger partial charge on any atom is 0.220 e. The lowest BCUT2D eigenvalue weighted by Gasteiger charge is -2.35. The highest BCUT2D eigenvalue weighted by Crippen LogP contribution is 2.22. The van der Waals surface area contributed by atoms with Crippen LogP contribution in [0.25, 0.3) is 0 Å². The first-order valence-corrected chi connectivity index (χ1v) is 12.2. The molecule has 2 unspecified atom stereocenters. The molecule has 1 aromatic carbocycles. The Labute approximate surface area is 168 Å². The van der Waals surface area contributed by atoms with Gasteiger partial charge in [0.25, 0.3) is 0 Å². The summed E-state index contributed by atoms with van der Waals surface area (Å²) in [5.41, 5.74) is 1.24. The van der Waals surface area contributed by atoms with Crippen molar-refractivity contribution < 1.29 is 17.9 Å². The van der Waals surface area contributed by atoms with Crippen LogP contribution in [0.1, 0.15) is 37.7 Å². The Bertz CT molecular complexity index is 717. The number of sulfone groups is 1. The highest BCUT2D eigenvalue weighted by molar-refractivity contribution is 7.91. The van der Waals surface area contributed by atoms with Gasteiger partial charge in [-0.1, -0.05) is 36.8 Å². The van der Waals surface area contributed by atoms with Crippen LogP contribution in [0.3, 0.4) is 0 Å². The van der Waals surface area contributed by atoms with Crippen molar-refractivity contribution in [2.75, 3.05) is 37.8 Å². The van der Waals surface area contributed by atoms with Crippen LogP contribution in [0, 0.1) is 0 Å². The van der Waals surface area contributed by atoms with Crippen molar-refractivity contribution in [3.63, 3.8) is 0 Å². The van der Waals surface area contributed by atoms with Crippen molar-refractivity contribution in [1.82, 2.24) is 10.2 Å². The van der Waals surface area contributed by atoms with Crippen LogP contribution < -0.4 is 5.32 Å². The van der Waals surface area contributed by atoms with Gasteiger partial charge in [0.05, 0.1) is 24.2 Å². The zero-order chi connectivity index (χ0) is 19.8. The number of ether oxygens (including phenoxy) is 1. The standard InChI is InChI=1S/C21H32N2O4S/c24-21(10-7-14-27-15-11-18-8-3-1-4-9-18)22-19-16-28(25,26)17-20(19)23-12-5-2-6-13-23/h1,3-4,8-9,19-20H,2,5-7,10-17H2,(H,22,24). The van der Waals surface area contributed by atoms with E-state index >= 15 is 0 Å². The number of carbonyl (C=O) groups is 1. The van der Waals surface area contributed by atoms with E-state index in [-0.39, 0.29) is 29.5 Å². The van der Waals surface area contributed by atoms with Gasteiger partial charge in [-0.3, -0.25) is 9.69 Å². The van der Waals surface area contributed by atoms with Gasteiger partial charge in [0.2, 0.25) is 5.91 Å². The fraction of sp³-hybridized carbons (Fsp3) is 0.667. The van der Waals surface area contributed by atoms with E-state index in [9.17, 15) is 13.2 Å². The average molecular weight is 409 g/mol. The Morgan fingerprint density at radius 2 is 1.82 bits per heavy atom. The third-order valence-corrected chi connectivity index (χ3v) is 7.32. The van der Waals surface area contributed by atoms with Gasteiger partial charge in [-0.2, -0.15) is 0 Å². The van der Waals surface area contributed by atoms with E-state index < -0.39 is 9.84 Å². The van der Waals surface area contributed by atoms with E-state index in [2.05, 4.69) is 22.3 Å². The molecule has 1 amide bonds. The smallest absolute Gasteiger partial charge is 0.220 e. The number of nitrogens with zero attached hydrogens (tertiary/aromatic N) is 1. The van der Waals surface area contributed by atoms with Gasteiger partial charge >= 0.3 is 0 Å². The summed E-state index contributed by atoms with van der Waals surface area (Å²) in [6, 6.07) is 9.82. The number of piperidine rings is 1. The van der Waals surface area contributed by atoms with Gasteiger partial charge in [0, 0.05) is 19.1 Å². The van der Waals surface area contributed by atoms with E-state index in [1.807, 2.05) is 18.2 Å². The zero-order valence-electron chi connectivity index (χ0n) is 16.5. The van der Waals surface area contributed by atoms with Crippen LogP contribution in [0.5, 0.6) is 0 Å². The first-order valence-electron chi connectivity index (χ1n) is 10.4. The lowest BCUT2D eigenvalue weighted by Crippen LogP contribution is -2.52. The largest absolute Gasteiger partial charge is 0.381 e. The van der Waals surface area contributed by atoms with Crippen molar-refractivity contribution in [3.05, 3.63) is 35.9 Å². The molecule has 0 aromatic heterocycles. The second kappa shape index (κ2) is 10.4. The van der Waals surface area contributed by atoms with Gasteiger partial charge in [0.15, 0.2) is 9.84 Å². The molecule has 3 rings (SSSR count). The number of likely N-dealkylation sites (tertiary alicyclic amines) is 1. The van der Waals surface area contributed by atoms with Gasteiger partial charge < -0.3 is 10.1 Å². The van der Waals surface area contributed by atoms with Crippen molar-refractivity contribution in [3.8, 4) is 0 Å². The summed E-state index contributed by atoms with van der Waals surface area (Å²) in [7, 11) is -3.08. The van der Waals surface area contributed by atoms with Crippen molar-refractivity contribution in [1.29, 1.82) is 0 Å². The molecule has 7 heteroatoms. The monoisotopic (exact) mass is 408 g/mol. The van der Waals surface area contributed by atoms with Crippen LogP contribution in [0.15, 0.2) is 30.3 Å². The molecule has 2 atom stereocenters. The first kappa shape index (κ1) is 21.3. The maximum absolute atomic E-state index is 12.3. The van der Waals surface area contributed by atoms with Crippen LogP contribution in [-0.2, 0) is 25.8 Å². The molecule has 2 fully saturated rings. The molecule has 0 bridgehead atoms. The second-order valence-electron chi connectivity index (χ2n) is 7.87. The molecule has 2 aliphatic heterocycles. The van der Waals surface area contributed by atoms with Gasteiger partial charge in [-0.25, -0.2) is 8.42 Å². The number of nitrogens with one attached hydrogen (secondary N) is 1. The number of hydrogen-bond acceptors (Lipinski definition) is 5. The molecular formula is C21H32N2O4S. The second-order valence-corrected chi connectivity index (χ2v) is 10.0. The van der Waals surface area contributed by atoms with E-state index in [0.29, 0.717) is 26.1 Å². The molecular weight excluding hydrogens is 376 g/mol. The van der Waals surface area contributed by atoms with Crippen LogP contribution in [0.2, 0.25) is 0 Å². The molecule has 0 saturated carbocycles. The molecule has 28 heavy (non-hydrogen) atoms. The van der Waals surface area contributed by atoms with Crippen LogP contribution in [-0.4, -0.2) is 69.1 Å². The predicted octanol–water partition coefficient (Wildman–Crippen LogP) is 1.79. The minimum atomic E-state index is -3.08. The molecule has 2 aliphatic rings. The van der Waals surface area contributed by atoms with Gasteiger partial charge in [0.1, 0.15) is 0 Å². The number of amides is 1. The van der Waals surface area contributed by atoms with Crippen molar-refractivity contribution >= 4 is 15.7 Å². The summed E-state index contributed by atoms with van der Waals surface area (Å²) in [6.07, 6.45) is 5.31. The quantitative estimate of drug-likeness (QED) is 0.631. The number of benzene rings is 1. The van der Waals surface area contributed by atoms with Crippen molar-refractivity contribution in [2.45, 2.75) is 50.6 Å². The maximum atomic E-state index is 12.3. The highest BCUT2D eigenvalue weighted by Gasteiger charge is 2.41. The summed E-state index contributed by atoms with van der Waals surface area (Å²) in [5.74, 6) is 0.157. The summed E-state index contributed by atoms with van der Waals surface area (Å²) in [5, 5.41) is 2.98. The fourth-order valence-electron chi connectivity index (χ4n) is 4.13. The Morgan fingerprint density at radius 3 is 2.57 bits per heavy atom. The molecule has 0 spiro atoms. The van der Waals surface area contributed by atoms with E-state index in [1.165, 1.54) is 12.0 Å². The summed E-state index contributed by atoms with van der Waals surface area (Å²) in [4.78, 5) is 14.6. The summed E-state index contributed by atoms with van der Waals surface area (Å²) < 4.78 is 29.9. The lowest BCUT2D eigenvalue weighted by atomic mass is 10.0. The molecule has 2 saturated heterocycles. The molecule has 6 nitrogen and oxygen atoms in total. The highest BCUT2D eigenvalue weighted by atomic mass is 32.2. The van der Waals surface area contributed by atoms with E-state index in [4.69, 9.17) is 4.74 Å². The third-order valence-electron chi connectivity index (χ3n) is 5.60. The Morgan fingerprint density at radius 1 is 1.07 bits per heavy atom. The summed E-state index contributed by atoms with van der Waals surface area (Å²) in [6.45, 7) is 3.05. The normalized spacial score (nSPS) is 24.9. The van der Waals surface area contributed by atoms with Crippen LogP contribution in [0.4, 0.5) is 0 Å². The number of carbonyl (C=O) groups excluding carboxylic acids is 1. The molecule has 156 valence electrons. The minimum absolute atomic E-state index is 0.0630. The SMILES string of the molecule is O=C(CCCOCCc1ccccc1)NC1CS(=O)(=O)CC1N1CCCCC1. The third kappa shape index (κ3) is 6.57. The average Bonchev–Trinajstić information content (AvgIpc) is 3.00.